The molecule has 3 aromatic rings. The zero-order chi connectivity index (χ0) is 27.8. The minimum absolute atomic E-state index is 0.0868. The van der Waals surface area contributed by atoms with E-state index in [1.807, 2.05) is 60.7 Å². The van der Waals surface area contributed by atoms with Crippen LogP contribution in [0.4, 0.5) is 5.69 Å². The van der Waals surface area contributed by atoms with Gasteiger partial charge in [-0.05, 0) is 70.8 Å². The summed E-state index contributed by atoms with van der Waals surface area (Å²) in [6.07, 6.45) is 5.39. The fourth-order valence-electron chi connectivity index (χ4n) is 4.92. The fraction of sp³-hybridized carbons (Fsp3) is 0.333. The summed E-state index contributed by atoms with van der Waals surface area (Å²) < 4.78 is 27.7. The lowest BCUT2D eigenvalue weighted by Gasteiger charge is -2.34. The van der Waals surface area contributed by atoms with Crippen molar-refractivity contribution in [2.24, 2.45) is 0 Å². The number of rotatable bonds is 11. The molecule has 1 atom stereocenters. The highest BCUT2D eigenvalue weighted by atomic mass is 127. The second kappa shape index (κ2) is 13.4. The maximum atomic E-state index is 14.1. The Morgan fingerprint density at radius 3 is 2.03 bits per heavy atom. The van der Waals surface area contributed by atoms with E-state index < -0.39 is 28.5 Å². The summed E-state index contributed by atoms with van der Waals surface area (Å²) >= 11 is 2.15. The molecule has 0 saturated heterocycles. The predicted octanol–water partition coefficient (Wildman–Crippen LogP) is 4.76. The van der Waals surface area contributed by atoms with E-state index in [1.54, 1.807) is 24.3 Å². The van der Waals surface area contributed by atoms with Crippen molar-refractivity contribution in [1.29, 1.82) is 0 Å². The zero-order valence-corrected chi connectivity index (χ0v) is 25.0. The summed E-state index contributed by atoms with van der Waals surface area (Å²) in [5.74, 6) is -0.652. The first-order chi connectivity index (χ1) is 18.7. The maximum Gasteiger partial charge on any atom is 0.244 e. The van der Waals surface area contributed by atoms with Gasteiger partial charge in [-0.25, -0.2) is 8.42 Å². The molecule has 7 nitrogen and oxygen atoms in total. The van der Waals surface area contributed by atoms with Crippen LogP contribution >= 0.6 is 22.6 Å². The lowest BCUT2D eigenvalue weighted by Crippen LogP contribution is -2.54. The van der Waals surface area contributed by atoms with Crippen LogP contribution in [-0.4, -0.2) is 50.0 Å². The molecular formula is C30H34IN3O4S. The summed E-state index contributed by atoms with van der Waals surface area (Å²) in [5, 5.41) is 3.18. The van der Waals surface area contributed by atoms with Crippen molar-refractivity contribution in [2.75, 3.05) is 17.1 Å². The molecule has 1 N–H and O–H groups in total. The molecule has 3 aromatic carbocycles. The van der Waals surface area contributed by atoms with Crippen LogP contribution in [0, 0.1) is 3.57 Å². The van der Waals surface area contributed by atoms with E-state index in [-0.39, 0.29) is 18.5 Å². The third-order valence-electron chi connectivity index (χ3n) is 6.96. The molecule has 0 spiro atoms. The quantitative estimate of drug-likeness (QED) is 0.301. The van der Waals surface area contributed by atoms with Gasteiger partial charge in [0.25, 0.3) is 0 Å². The Bertz CT molecular complexity index is 1350. The number of anilines is 1. The van der Waals surface area contributed by atoms with Crippen molar-refractivity contribution < 1.29 is 18.0 Å². The second-order valence-corrected chi connectivity index (χ2v) is 13.1. The average Bonchev–Trinajstić information content (AvgIpc) is 3.43. The molecule has 0 radical (unpaired) electrons. The number of nitrogens with zero attached hydrogens (tertiary/aromatic N) is 2. The summed E-state index contributed by atoms with van der Waals surface area (Å²) in [6, 6.07) is 25.3. The molecule has 1 fully saturated rings. The van der Waals surface area contributed by atoms with Crippen LogP contribution in [0.25, 0.3) is 0 Å². The van der Waals surface area contributed by atoms with E-state index in [1.165, 1.54) is 4.90 Å². The smallest absolute Gasteiger partial charge is 0.244 e. The standard InChI is InChI=1S/C30H34IN3O4S/c1-39(37,38)34(27-18-16-25(31)17-19-27)22-29(35)33(21-24-12-6-3-7-13-24)28(20-23-10-4-2-5-11-23)30(36)32-26-14-8-9-15-26/h2-7,10-13,16-19,26,28H,8-9,14-15,20-22H2,1H3,(H,32,36). The molecule has 0 aliphatic heterocycles. The molecule has 1 unspecified atom stereocenters. The van der Waals surface area contributed by atoms with Crippen molar-refractivity contribution in [3.05, 3.63) is 99.6 Å². The molecule has 1 saturated carbocycles. The van der Waals surface area contributed by atoms with Crippen molar-refractivity contribution in [2.45, 2.75) is 50.7 Å². The Kier molecular flexibility index (Phi) is 10.0. The van der Waals surface area contributed by atoms with Crippen LogP contribution in [-0.2, 0) is 32.6 Å². The Morgan fingerprint density at radius 2 is 1.46 bits per heavy atom. The first kappa shape index (κ1) is 29.1. The summed E-state index contributed by atoms with van der Waals surface area (Å²) in [5.41, 5.74) is 2.19. The highest BCUT2D eigenvalue weighted by molar-refractivity contribution is 14.1. The third kappa shape index (κ3) is 8.28. The number of halogens is 1. The van der Waals surface area contributed by atoms with E-state index in [0.717, 1.165) is 50.9 Å². The summed E-state index contributed by atoms with van der Waals surface area (Å²) in [6.45, 7) is -0.228. The van der Waals surface area contributed by atoms with Crippen molar-refractivity contribution >= 4 is 50.1 Å². The molecule has 0 heterocycles. The topological polar surface area (TPSA) is 86.8 Å². The molecule has 0 aromatic heterocycles. The monoisotopic (exact) mass is 659 g/mol. The Balaban J connectivity index is 1.70. The number of carbonyl (C=O) groups excluding carboxylic acids is 2. The van der Waals surface area contributed by atoms with E-state index in [2.05, 4.69) is 27.9 Å². The van der Waals surface area contributed by atoms with Gasteiger partial charge >= 0.3 is 0 Å². The highest BCUT2D eigenvalue weighted by Crippen LogP contribution is 2.23. The predicted molar refractivity (Wildman–Crippen MR) is 163 cm³/mol. The van der Waals surface area contributed by atoms with Crippen molar-refractivity contribution in [3.63, 3.8) is 0 Å². The van der Waals surface area contributed by atoms with Crippen LogP contribution in [0.2, 0.25) is 0 Å². The number of benzene rings is 3. The van der Waals surface area contributed by atoms with Gasteiger partial charge in [0.05, 0.1) is 11.9 Å². The molecule has 0 bridgehead atoms. The lowest BCUT2D eigenvalue weighted by molar-refractivity contribution is -0.140. The first-order valence-corrected chi connectivity index (χ1v) is 16.0. The van der Waals surface area contributed by atoms with Crippen LogP contribution in [0.1, 0.15) is 36.8 Å². The number of carbonyl (C=O) groups is 2. The van der Waals surface area contributed by atoms with E-state index in [4.69, 9.17) is 0 Å². The Labute approximate surface area is 244 Å². The van der Waals surface area contributed by atoms with Crippen LogP contribution in [0.3, 0.4) is 0 Å². The van der Waals surface area contributed by atoms with Gasteiger partial charge in [-0.1, -0.05) is 73.5 Å². The molecule has 1 aliphatic carbocycles. The van der Waals surface area contributed by atoms with Crippen LogP contribution in [0.5, 0.6) is 0 Å². The Morgan fingerprint density at radius 1 is 0.897 bits per heavy atom. The highest BCUT2D eigenvalue weighted by Gasteiger charge is 2.34. The third-order valence-corrected chi connectivity index (χ3v) is 8.82. The molecule has 1 aliphatic rings. The van der Waals surface area contributed by atoms with Gasteiger partial charge in [0.2, 0.25) is 21.8 Å². The minimum Gasteiger partial charge on any atom is -0.352 e. The van der Waals surface area contributed by atoms with Gasteiger partial charge in [0, 0.05) is 22.6 Å². The van der Waals surface area contributed by atoms with Crippen LogP contribution in [0.15, 0.2) is 84.9 Å². The van der Waals surface area contributed by atoms with E-state index >= 15 is 0 Å². The number of sulfonamides is 1. The number of amides is 2. The number of nitrogens with one attached hydrogen (secondary N) is 1. The average molecular weight is 660 g/mol. The van der Waals surface area contributed by atoms with Gasteiger partial charge in [0.15, 0.2) is 0 Å². The second-order valence-electron chi connectivity index (χ2n) is 9.95. The molecule has 4 rings (SSSR count). The SMILES string of the molecule is CS(=O)(=O)N(CC(=O)N(Cc1ccccc1)C(Cc1ccccc1)C(=O)NC1CCCC1)c1ccc(I)cc1. The van der Waals surface area contributed by atoms with E-state index in [0.29, 0.717) is 12.1 Å². The lowest BCUT2D eigenvalue weighted by atomic mass is 10.0. The largest absolute Gasteiger partial charge is 0.352 e. The maximum absolute atomic E-state index is 14.1. The minimum atomic E-state index is -3.77. The van der Waals surface area contributed by atoms with Crippen molar-refractivity contribution in [3.8, 4) is 0 Å². The summed E-state index contributed by atoms with van der Waals surface area (Å²) in [4.78, 5) is 29.4. The zero-order valence-electron chi connectivity index (χ0n) is 22.0. The van der Waals surface area contributed by atoms with Crippen molar-refractivity contribution in [1.82, 2.24) is 10.2 Å². The number of hydrogen-bond donors (Lipinski definition) is 1. The fourth-order valence-corrected chi connectivity index (χ4v) is 6.13. The summed E-state index contributed by atoms with van der Waals surface area (Å²) in [7, 11) is -3.77. The molecular weight excluding hydrogens is 625 g/mol. The van der Waals surface area contributed by atoms with E-state index in [9.17, 15) is 18.0 Å². The Hall–Kier alpha value is -2.92. The van der Waals surface area contributed by atoms with Gasteiger partial charge < -0.3 is 10.2 Å². The molecule has 39 heavy (non-hydrogen) atoms. The first-order valence-electron chi connectivity index (χ1n) is 13.1. The van der Waals surface area contributed by atoms with Crippen LogP contribution < -0.4 is 9.62 Å². The van der Waals surface area contributed by atoms with Gasteiger partial charge in [-0.15, -0.1) is 0 Å². The van der Waals surface area contributed by atoms with Gasteiger partial charge in [-0.2, -0.15) is 0 Å². The normalized spacial score (nSPS) is 14.5. The number of hydrogen-bond acceptors (Lipinski definition) is 4. The molecule has 206 valence electrons. The molecule has 2 amide bonds. The van der Waals surface area contributed by atoms with Gasteiger partial charge in [0.1, 0.15) is 12.6 Å². The molecule has 9 heteroatoms. The van der Waals surface area contributed by atoms with Gasteiger partial charge in [-0.3, -0.25) is 13.9 Å².